The predicted molar refractivity (Wildman–Crippen MR) is 97.1 cm³/mol. The maximum atomic E-state index is 13.0. The molecule has 1 aliphatic rings. The third-order valence-electron chi connectivity index (χ3n) is 4.38. The van der Waals surface area contributed by atoms with Crippen LogP contribution in [0, 0.1) is 13.8 Å². The lowest BCUT2D eigenvalue weighted by Gasteiger charge is -2.27. The average Bonchev–Trinajstić information content (AvgIpc) is 2.57. The molecule has 0 bridgehead atoms. The van der Waals surface area contributed by atoms with Gasteiger partial charge in [0.1, 0.15) is 16.4 Å². The van der Waals surface area contributed by atoms with Crippen LogP contribution >= 0.6 is 11.6 Å². The second-order valence-corrected chi connectivity index (χ2v) is 8.20. The van der Waals surface area contributed by atoms with Crippen LogP contribution in [0.2, 0.25) is 5.02 Å². The van der Waals surface area contributed by atoms with Crippen molar-refractivity contribution in [2.45, 2.75) is 31.2 Å². The topological polar surface area (TPSA) is 64.6 Å². The minimum atomic E-state index is -3.77. The smallest absolute Gasteiger partial charge is 0.244 e. The number of nitrogens with one attached hydrogen (secondary N) is 1. The summed E-state index contributed by atoms with van der Waals surface area (Å²) in [5.41, 5.74) is 2.60. The fourth-order valence-electron chi connectivity index (χ4n) is 2.87. The molecule has 0 amide bonds. The molecular weight excluding hydrogens is 362 g/mol. The van der Waals surface area contributed by atoms with Gasteiger partial charge in [-0.05, 0) is 55.3 Å². The van der Waals surface area contributed by atoms with Gasteiger partial charge in [-0.25, -0.2) is 13.1 Å². The maximum Gasteiger partial charge on any atom is 0.244 e. The third-order valence-corrected chi connectivity index (χ3v) is 6.11. The zero-order valence-corrected chi connectivity index (χ0v) is 15.9. The minimum Gasteiger partial charge on any atom is -0.495 e. The molecule has 1 N–H and O–H groups in total. The summed E-state index contributed by atoms with van der Waals surface area (Å²) in [4.78, 5) is 0.133. The van der Waals surface area contributed by atoms with Crippen molar-refractivity contribution in [3.05, 3.63) is 52.0 Å². The van der Waals surface area contributed by atoms with E-state index in [1.54, 1.807) is 30.3 Å². The van der Waals surface area contributed by atoms with Crippen LogP contribution in [0.15, 0.2) is 35.2 Å². The molecule has 0 aromatic heterocycles. The second kappa shape index (κ2) is 6.86. The van der Waals surface area contributed by atoms with E-state index in [9.17, 15) is 8.42 Å². The number of hydrogen-bond acceptors (Lipinski definition) is 4. The lowest BCUT2D eigenvalue weighted by atomic mass is 10.0. The quantitative estimate of drug-likeness (QED) is 0.875. The molecule has 0 saturated carbocycles. The second-order valence-electron chi connectivity index (χ2n) is 6.08. The highest BCUT2D eigenvalue weighted by molar-refractivity contribution is 7.89. The minimum absolute atomic E-state index is 0.133. The monoisotopic (exact) mass is 381 g/mol. The van der Waals surface area contributed by atoms with Gasteiger partial charge in [-0.1, -0.05) is 11.6 Å². The van der Waals surface area contributed by atoms with Gasteiger partial charge >= 0.3 is 0 Å². The molecule has 2 aromatic carbocycles. The molecule has 0 radical (unpaired) electrons. The highest BCUT2D eigenvalue weighted by Gasteiger charge is 2.29. The summed E-state index contributed by atoms with van der Waals surface area (Å²) < 4.78 is 39.6. The molecule has 3 rings (SSSR count). The van der Waals surface area contributed by atoms with Gasteiger partial charge in [0.15, 0.2) is 0 Å². The largest absolute Gasteiger partial charge is 0.495 e. The fraction of sp³-hybridized carbons (Fsp3) is 0.333. The molecule has 0 fully saturated rings. The van der Waals surface area contributed by atoms with Gasteiger partial charge < -0.3 is 9.47 Å². The van der Waals surface area contributed by atoms with Crippen molar-refractivity contribution in [3.63, 3.8) is 0 Å². The number of halogens is 1. The number of hydrogen-bond donors (Lipinski definition) is 1. The molecule has 0 spiro atoms. The SMILES string of the molecule is COc1cc(C)c(C)cc1S(=O)(=O)NC1CCOc2ccc(Cl)cc21. The van der Waals surface area contributed by atoms with E-state index < -0.39 is 16.1 Å². The number of rotatable bonds is 4. The van der Waals surface area contributed by atoms with Crippen molar-refractivity contribution >= 4 is 21.6 Å². The Labute approximate surface area is 153 Å². The Balaban J connectivity index is 1.99. The molecule has 1 unspecified atom stereocenters. The van der Waals surface area contributed by atoms with Gasteiger partial charge in [-0.15, -0.1) is 0 Å². The summed E-state index contributed by atoms with van der Waals surface area (Å²) in [6, 6.07) is 8.19. The highest BCUT2D eigenvalue weighted by Crippen LogP contribution is 2.36. The molecule has 5 nitrogen and oxygen atoms in total. The Morgan fingerprint density at radius 2 is 1.92 bits per heavy atom. The van der Waals surface area contributed by atoms with Gasteiger partial charge in [-0.3, -0.25) is 0 Å². The Morgan fingerprint density at radius 3 is 2.64 bits per heavy atom. The average molecular weight is 382 g/mol. The van der Waals surface area contributed by atoms with E-state index in [0.29, 0.717) is 29.5 Å². The Bertz CT molecular complexity index is 912. The summed E-state index contributed by atoms with van der Waals surface area (Å²) >= 11 is 6.06. The number of ether oxygens (including phenoxy) is 2. The van der Waals surface area contributed by atoms with Crippen molar-refractivity contribution in [2.24, 2.45) is 0 Å². The first-order chi connectivity index (χ1) is 11.8. The maximum absolute atomic E-state index is 13.0. The highest BCUT2D eigenvalue weighted by atomic mass is 35.5. The number of fused-ring (bicyclic) bond motifs is 1. The van der Waals surface area contributed by atoms with Gasteiger partial charge in [0.05, 0.1) is 19.8 Å². The zero-order chi connectivity index (χ0) is 18.2. The predicted octanol–water partition coefficient (Wildman–Crippen LogP) is 3.77. The van der Waals surface area contributed by atoms with E-state index in [0.717, 1.165) is 16.7 Å². The van der Waals surface area contributed by atoms with E-state index >= 15 is 0 Å². The summed E-state index contributed by atoms with van der Waals surface area (Å²) in [7, 11) is -2.31. The van der Waals surface area contributed by atoms with Crippen LogP contribution < -0.4 is 14.2 Å². The molecule has 1 heterocycles. The number of sulfonamides is 1. The van der Waals surface area contributed by atoms with Crippen LogP contribution in [0.1, 0.15) is 29.2 Å². The summed E-state index contributed by atoms with van der Waals surface area (Å²) in [6.45, 7) is 4.22. The summed E-state index contributed by atoms with van der Waals surface area (Å²) in [5.74, 6) is 0.976. The van der Waals surface area contributed by atoms with Gasteiger partial charge in [-0.2, -0.15) is 0 Å². The van der Waals surface area contributed by atoms with Crippen molar-refractivity contribution in [1.82, 2.24) is 4.72 Å². The van der Waals surface area contributed by atoms with Crippen LogP contribution in [0.25, 0.3) is 0 Å². The Morgan fingerprint density at radius 1 is 1.20 bits per heavy atom. The molecule has 134 valence electrons. The molecule has 2 aromatic rings. The third kappa shape index (κ3) is 3.61. The van der Waals surface area contributed by atoms with Gasteiger partial charge in [0.2, 0.25) is 10.0 Å². The lowest BCUT2D eigenvalue weighted by Crippen LogP contribution is -2.32. The normalized spacial score (nSPS) is 16.9. The van der Waals surface area contributed by atoms with E-state index in [-0.39, 0.29) is 4.90 Å². The molecule has 7 heteroatoms. The van der Waals surface area contributed by atoms with E-state index in [1.807, 2.05) is 13.8 Å². The Hall–Kier alpha value is -1.76. The van der Waals surface area contributed by atoms with Crippen molar-refractivity contribution in [2.75, 3.05) is 13.7 Å². The first-order valence-corrected chi connectivity index (χ1v) is 9.78. The van der Waals surface area contributed by atoms with Crippen LogP contribution in [0.3, 0.4) is 0 Å². The van der Waals surface area contributed by atoms with Crippen LogP contribution in [0.5, 0.6) is 11.5 Å². The van der Waals surface area contributed by atoms with Gasteiger partial charge in [0.25, 0.3) is 0 Å². The molecule has 0 saturated heterocycles. The van der Waals surface area contributed by atoms with Gasteiger partial charge in [0, 0.05) is 17.0 Å². The number of aryl methyl sites for hydroxylation is 2. The zero-order valence-electron chi connectivity index (χ0n) is 14.3. The lowest BCUT2D eigenvalue weighted by molar-refractivity contribution is 0.263. The first kappa shape index (κ1) is 18.0. The summed E-state index contributed by atoms with van der Waals surface area (Å²) in [6.07, 6.45) is 0.528. The van der Waals surface area contributed by atoms with E-state index in [4.69, 9.17) is 21.1 Å². The van der Waals surface area contributed by atoms with Crippen molar-refractivity contribution in [3.8, 4) is 11.5 Å². The molecule has 1 atom stereocenters. The first-order valence-electron chi connectivity index (χ1n) is 7.91. The number of methoxy groups -OCH3 is 1. The molecule has 0 aliphatic carbocycles. The molecule has 25 heavy (non-hydrogen) atoms. The summed E-state index contributed by atoms with van der Waals surface area (Å²) in [5, 5.41) is 0.539. The van der Waals surface area contributed by atoms with Crippen LogP contribution in [-0.2, 0) is 10.0 Å². The fourth-order valence-corrected chi connectivity index (χ4v) is 4.54. The number of benzene rings is 2. The van der Waals surface area contributed by atoms with E-state index in [2.05, 4.69) is 4.72 Å². The van der Waals surface area contributed by atoms with E-state index in [1.165, 1.54) is 7.11 Å². The van der Waals surface area contributed by atoms with Crippen LogP contribution in [-0.4, -0.2) is 22.1 Å². The van der Waals surface area contributed by atoms with Crippen LogP contribution in [0.4, 0.5) is 0 Å². The van der Waals surface area contributed by atoms with Crippen molar-refractivity contribution < 1.29 is 17.9 Å². The molecule has 1 aliphatic heterocycles. The van der Waals surface area contributed by atoms with Crippen molar-refractivity contribution in [1.29, 1.82) is 0 Å². The Kier molecular flexibility index (Phi) is 4.95. The standard InChI is InChI=1S/C18H20ClNO4S/c1-11-8-17(23-3)18(9-12(11)2)25(21,22)20-15-6-7-24-16-5-4-13(19)10-14(15)16/h4-5,8-10,15,20H,6-7H2,1-3H3. The molecular formula is C18H20ClNO4S.